The molecular weight excluding hydrogens is 657 g/mol. The first-order chi connectivity index (χ1) is 24.4. The highest BCUT2D eigenvalue weighted by Crippen LogP contribution is 2.49. The second-order valence-electron chi connectivity index (χ2n) is 13.0. The lowest BCUT2D eigenvalue weighted by Gasteiger charge is -2.23. The van der Waals surface area contributed by atoms with Crippen molar-refractivity contribution in [2.75, 3.05) is 45.6 Å². The second-order valence-corrected chi connectivity index (χ2v) is 15.0. The maximum atomic E-state index is 13.8. The molecule has 1 aromatic carbocycles. The van der Waals surface area contributed by atoms with Crippen molar-refractivity contribution in [1.82, 2.24) is 19.5 Å². The van der Waals surface area contributed by atoms with Crippen molar-refractivity contribution < 1.29 is 27.8 Å². The second kappa shape index (κ2) is 25.4. The number of fused-ring (bicyclic) bond motifs is 1. The van der Waals surface area contributed by atoms with Crippen molar-refractivity contribution in [3.8, 4) is 0 Å². The summed E-state index contributed by atoms with van der Waals surface area (Å²) in [6.07, 6.45) is 21.9. The summed E-state index contributed by atoms with van der Waals surface area (Å²) in [6.45, 7) is 3.85. The van der Waals surface area contributed by atoms with Crippen LogP contribution in [0.15, 0.2) is 41.5 Å². The van der Waals surface area contributed by atoms with Crippen LogP contribution in [0.3, 0.4) is 0 Å². The average Bonchev–Trinajstić information content (AvgIpc) is 3.52. The van der Waals surface area contributed by atoms with Crippen LogP contribution in [0.4, 0.5) is 5.95 Å². The highest BCUT2D eigenvalue weighted by Gasteiger charge is 2.28. The monoisotopic (exact) mass is 719 g/mol. The summed E-state index contributed by atoms with van der Waals surface area (Å²) < 4.78 is 44.3. The highest BCUT2D eigenvalue weighted by molar-refractivity contribution is 7.53. The maximum absolute atomic E-state index is 13.8. The van der Waals surface area contributed by atoms with E-state index in [9.17, 15) is 9.36 Å². The molecule has 0 fully saturated rings. The molecule has 0 saturated heterocycles. The third-order valence-electron chi connectivity index (χ3n) is 8.64. The number of nitrogens with one attached hydrogen (secondary N) is 1. The number of hydrogen-bond donors (Lipinski definition) is 2. The average molecular weight is 720 g/mol. The summed E-state index contributed by atoms with van der Waals surface area (Å²) in [7, 11) is -2.14. The van der Waals surface area contributed by atoms with Crippen molar-refractivity contribution in [2.45, 2.75) is 129 Å². The van der Waals surface area contributed by atoms with Crippen LogP contribution in [-0.4, -0.2) is 65.5 Å². The number of aromatic nitrogens is 4. The van der Waals surface area contributed by atoms with Gasteiger partial charge in [0.25, 0.3) is 5.56 Å². The number of imidazole rings is 1. The Morgan fingerprint density at radius 2 is 1.46 bits per heavy atom. The molecule has 2 atom stereocenters. The summed E-state index contributed by atoms with van der Waals surface area (Å²) in [5.41, 5.74) is 6.65. The number of H-pyrrole nitrogens is 1. The van der Waals surface area contributed by atoms with E-state index in [1.807, 2.05) is 30.3 Å². The molecule has 3 rings (SSSR count). The Hall–Kier alpha value is -2.60. The predicted molar refractivity (Wildman–Crippen MR) is 199 cm³/mol. The number of unbranched alkanes of at least 4 members (excludes halogenated alkanes) is 15. The van der Waals surface area contributed by atoms with Gasteiger partial charge < -0.3 is 33.6 Å². The Balaban J connectivity index is 1.32. The number of benzene rings is 1. The van der Waals surface area contributed by atoms with Gasteiger partial charge in [0.15, 0.2) is 11.2 Å². The number of hydrogen-bond acceptors (Lipinski definition) is 10. The number of methoxy groups -OCH3 is 1. The maximum Gasteiger partial charge on any atom is 0.356 e. The summed E-state index contributed by atoms with van der Waals surface area (Å²) in [5, 5.41) is 0. The zero-order chi connectivity index (χ0) is 35.7. The fraction of sp³-hybridized carbons (Fsp3) is 0.703. The van der Waals surface area contributed by atoms with Gasteiger partial charge in [-0.3, -0.25) is 14.3 Å². The zero-order valence-corrected chi connectivity index (χ0v) is 31.4. The largest absolute Gasteiger partial charge is 0.382 e. The first-order valence-corrected chi connectivity index (χ1v) is 20.5. The van der Waals surface area contributed by atoms with Crippen molar-refractivity contribution in [3.63, 3.8) is 0 Å². The van der Waals surface area contributed by atoms with Crippen LogP contribution in [-0.2, 0) is 41.0 Å². The highest BCUT2D eigenvalue weighted by atomic mass is 31.2. The molecule has 50 heavy (non-hydrogen) atoms. The normalized spacial score (nSPS) is 13.6. The Morgan fingerprint density at radius 1 is 0.840 bits per heavy atom. The molecule has 2 aromatic heterocycles. The standard InChI is InChI=1S/C37H62N5O7P/c1-3-4-5-6-7-8-9-10-11-12-13-14-15-16-17-21-24-46-25-26-48-50(44,49-28-32-22-19-18-20-23-32)31-47-33(29-45-2)27-42-30-39-34-35(42)40-37(38)41-36(34)43/h18-20,22-23,30,33H,3-17,21,24-29,31H2,1-2H3,(H3,38,40,41,43)/t33-,50?/m0/s1. The van der Waals surface area contributed by atoms with E-state index in [0.29, 0.717) is 18.9 Å². The van der Waals surface area contributed by atoms with E-state index in [2.05, 4.69) is 21.9 Å². The van der Waals surface area contributed by atoms with Crippen molar-refractivity contribution >= 4 is 24.7 Å². The van der Waals surface area contributed by atoms with E-state index in [-0.39, 0.29) is 44.2 Å². The molecule has 0 amide bonds. The summed E-state index contributed by atoms with van der Waals surface area (Å²) >= 11 is 0. The number of nitrogens with two attached hydrogens (primary N) is 1. The van der Waals surface area contributed by atoms with Gasteiger partial charge in [0.2, 0.25) is 5.95 Å². The van der Waals surface area contributed by atoms with Gasteiger partial charge in [0, 0.05) is 13.7 Å². The lowest BCUT2D eigenvalue weighted by molar-refractivity contribution is -0.00144. The number of ether oxygens (including phenoxy) is 3. The smallest absolute Gasteiger partial charge is 0.356 e. The fourth-order valence-corrected chi connectivity index (χ4v) is 7.12. The number of rotatable bonds is 31. The van der Waals surface area contributed by atoms with Crippen LogP contribution in [0, 0.1) is 0 Å². The minimum absolute atomic E-state index is 0.0160. The molecule has 2 heterocycles. The Labute approximate surface area is 298 Å². The van der Waals surface area contributed by atoms with Crippen LogP contribution in [0.25, 0.3) is 11.2 Å². The van der Waals surface area contributed by atoms with Crippen LogP contribution in [0.5, 0.6) is 0 Å². The molecule has 282 valence electrons. The Morgan fingerprint density at radius 3 is 2.08 bits per heavy atom. The summed E-state index contributed by atoms with van der Waals surface area (Å²) in [6, 6.07) is 9.48. The first kappa shape index (κ1) is 41.8. The van der Waals surface area contributed by atoms with E-state index in [1.54, 1.807) is 11.7 Å². The molecule has 0 aliphatic heterocycles. The third kappa shape index (κ3) is 17.1. The quantitative estimate of drug-likeness (QED) is 0.0490. The first-order valence-electron chi connectivity index (χ1n) is 18.7. The molecule has 3 N–H and O–H groups in total. The summed E-state index contributed by atoms with van der Waals surface area (Å²) in [4.78, 5) is 23.0. The molecule has 0 saturated carbocycles. The molecule has 1 unspecified atom stereocenters. The Kier molecular flexibility index (Phi) is 21.2. The molecule has 0 aliphatic carbocycles. The zero-order valence-electron chi connectivity index (χ0n) is 30.5. The molecule has 3 aromatic rings. The molecule has 12 nitrogen and oxygen atoms in total. The molecule has 0 radical (unpaired) electrons. The van der Waals surface area contributed by atoms with Crippen molar-refractivity contribution in [3.05, 3.63) is 52.6 Å². The molecular formula is C37H62N5O7P. The van der Waals surface area contributed by atoms with E-state index in [1.165, 1.54) is 96.2 Å². The van der Waals surface area contributed by atoms with Gasteiger partial charge in [0.1, 0.15) is 6.35 Å². The van der Waals surface area contributed by atoms with E-state index in [0.717, 1.165) is 18.4 Å². The van der Waals surface area contributed by atoms with Gasteiger partial charge in [-0.15, -0.1) is 0 Å². The lowest BCUT2D eigenvalue weighted by Crippen LogP contribution is -2.26. The number of anilines is 1. The molecule has 0 spiro atoms. The van der Waals surface area contributed by atoms with Crippen molar-refractivity contribution in [1.29, 1.82) is 0 Å². The van der Waals surface area contributed by atoms with Gasteiger partial charge in [0.05, 0.1) is 45.4 Å². The molecule has 13 heteroatoms. The minimum atomic E-state index is -3.68. The number of nitrogens with zero attached hydrogens (tertiary/aromatic N) is 3. The van der Waals surface area contributed by atoms with Gasteiger partial charge >= 0.3 is 7.60 Å². The van der Waals surface area contributed by atoms with Crippen LogP contribution < -0.4 is 11.3 Å². The van der Waals surface area contributed by atoms with Crippen LogP contribution >= 0.6 is 7.60 Å². The Bertz CT molecular complexity index is 1400. The van der Waals surface area contributed by atoms with Gasteiger partial charge in [-0.2, -0.15) is 4.98 Å². The van der Waals surface area contributed by atoms with E-state index >= 15 is 0 Å². The van der Waals surface area contributed by atoms with Crippen molar-refractivity contribution in [2.24, 2.45) is 0 Å². The summed E-state index contributed by atoms with van der Waals surface area (Å²) in [5.74, 6) is -0.0160. The predicted octanol–water partition coefficient (Wildman–Crippen LogP) is 8.40. The topological polar surface area (TPSA) is 153 Å². The van der Waals surface area contributed by atoms with Crippen LogP contribution in [0.1, 0.15) is 115 Å². The number of nitrogen functional groups attached to an aromatic ring is 1. The lowest BCUT2D eigenvalue weighted by atomic mass is 10.0. The van der Waals surface area contributed by atoms with E-state index < -0.39 is 19.3 Å². The number of aromatic amines is 1. The van der Waals surface area contributed by atoms with E-state index in [4.69, 9.17) is 29.0 Å². The molecule has 0 bridgehead atoms. The van der Waals surface area contributed by atoms with Gasteiger partial charge in [-0.05, 0) is 12.0 Å². The third-order valence-corrected chi connectivity index (χ3v) is 10.2. The fourth-order valence-electron chi connectivity index (χ4n) is 5.81. The van der Waals surface area contributed by atoms with Gasteiger partial charge in [-0.1, -0.05) is 134 Å². The van der Waals surface area contributed by atoms with Crippen LogP contribution in [0.2, 0.25) is 0 Å². The van der Waals surface area contributed by atoms with Gasteiger partial charge in [-0.25, -0.2) is 4.98 Å². The SMILES string of the molecule is CCCCCCCCCCCCCCCCCCOCCOP(=O)(CO[C@H](COC)Cn1cnc2c(=O)[nH]c(N)nc21)OCc1ccccc1. The minimum Gasteiger partial charge on any atom is -0.382 e. The molecule has 0 aliphatic rings.